The Morgan fingerprint density at radius 1 is 1.35 bits per heavy atom. The summed E-state index contributed by atoms with van der Waals surface area (Å²) in [6, 6.07) is 4.41. The van der Waals surface area contributed by atoms with E-state index in [1.54, 1.807) is 24.0 Å². The summed E-state index contributed by atoms with van der Waals surface area (Å²) in [5.41, 5.74) is 0.774. The van der Waals surface area contributed by atoms with Gasteiger partial charge in [0.1, 0.15) is 12.1 Å². The van der Waals surface area contributed by atoms with Crippen molar-refractivity contribution in [2.75, 3.05) is 37.7 Å². The monoisotopic (exact) mass is 280 g/mol. The van der Waals surface area contributed by atoms with Gasteiger partial charge in [0.15, 0.2) is 0 Å². The molecule has 6 heteroatoms. The minimum absolute atomic E-state index is 0.316. The molecule has 0 N–H and O–H groups in total. The molecule has 20 heavy (non-hydrogen) atoms. The lowest BCUT2D eigenvalue weighted by atomic mass is 10.2. The maximum absolute atomic E-state index is 13.9. The normalized spacial score (nSPS) is 15.1. The molecule has 0 unspecified atom stereocenters. The van der Waals surface area contributed by atoms with Gasteiger partial charge in [0, 0.05) is 31.7 Å². The number of carbonyl (C=O) groups is 2. The number of amides is 1. The summed E-state index contributed by atoms with van der Waals surface area (Å²) in [6.45, 7) is 4.17. The molecule has 1 saturated heterocycles. The Labute approximate surface area is 116 Å². The number of carbonyl (C=O) groups excluding carboxylic acids is 2. The van der Waals surface area contributed by atoms with Gasteiger partial charge in [-0.25, -0.2) is 9.18 Å². The maximum atomic E-state index is 13.9. The van der Waals surface area contributed by atoms with Crippen LogP contribution in [0, 0.1) is 5.82 Å². The van der Waals surface area contributed by atoms with Gasteiger partial charge in [-0.1, -0.05) is 0 Å². The summed E-state index contributed by atoms with van der Waals surface area (Å²) in [4.78, 5) is 25.6. The third-order valence-electron chi connectivity index (χ3n) is 3.25. The van der Waals surface area contributed by atoms with E-state index in [4.69, 9.17) is 4.74 Å². The third kappa shape index (κ3) is 3.07. The average molecular weight is 280 g/mol. The van der Waals surface area contributed by atoms with Gasteiger partial charge in [0.05, 0.1) is 12.3 Å². The summed E-state index contributed by atoms with van der Waals surface area (Å²) in [5, 5.41) is 0. The van der Waals surface area contributed by atoms with Gasteiger partial charge in [0.2, 0.25) is 0 Å². The quantitative estimate of drug-likeness (QED) is 0.794. The Balaban J connectivity index is 2.00. The van der Waals surface area contributed by atoms with Crippen LogP contribution < -0.4 is 4.90 Å². The molecule has 1 fully saturated rings. The first-order chi connectivity index (χ1) is 9.65. The highest BCUT2D eigenvalue weighted by molar-refractivity contribution is 5.76. The van der Waals surface area contributed by atoms with Crippen LogP contribution in [0.3, 0.4) is 0 Å². The van der Waals surface area contributed by atoms with E-state index in [-0.39, 0.29) is 6.09 Å². The molecule has 0 spiro atoms. The van der Waals surface area contributed by atoms with Crippen molar-refractivity contribution in [2.45, 2.75) is 6.92 Å². The number of hydrogen-bond acceptors (Lipinski definition) is 4. The van der Waals surface area contributed by atoms with E-state index in [0.717, 1.165) is 0 Å². The summed E-state index contributed by atoms with van der Waals surface area (Å²) >= 11 is 0. The van der Waals surface area contributed by atoms with Crippen LogP contribution in [0.2, 0.25) is 0 Å². The van der Waals surface area contributed by atoms with E-state index in [1.165, 1.54) is 6.07 Å². The van der Waals surface area contributed by atoms with Crippen molar-refractivity contribution in [1.82, 2.24) is 4.90 Å². The van der Waals surface area contributed by atoms with E-state index < -0.39 is 5.82 Å². The van der Waals surface area contributed by atoms with Gasteiger partial charge in [0.25, 0.3) is 0 Å². The molecular formula is C14H17FN2O3. The van der Waals surface area contributed by atoms with Gasteiger partial charge < -0.3 is 14.5 Å². The lowest BCUT2D eigenvalue weighted by molar-refractivity contribution is 0.105. The van der Waals surface area contributed by atoms with Crippen molar-refractivity contribution in [3.63, 3.8) is 0 Å². The van der Waals surface area contributed by atoms with Crippen LogP contribution >= 0.6 is 0 Å². The number of rotatable bonds is 3. The zero-order chi connectivity index (χ0) is 14.5. The third-order valence-corrected chi connectivity index (χ3v) is 3.25. The second kappa shape index (κ2) is 6.36. The number of anilines is 1. The number of nitrogens with zero attached hydrogens (tertiary/aromatic N) is 2. The summed E-state index contributed by atoms with van der Waals surface area (Å²) in [7, 11) is 0. The SMILES string of the molecule is CCOC(=O)N1CCN(c2ccc(C=O)cc2F)CC1. The minimum Gasteiger partial charge on any atom is -0.450 e. The summed E-state index contributed by atoms with van der Waals surface area (Å²) in [6.07, 6.45) is 0.287. The minimum atomic E-state index is -0.417. The highest BCUT2D eigenvalue weighted by Crippen LogP contribution is 2.21. The first-order valence-electron chi connectivity index (χ1n) is 6.57. The number of ether oxygens (including phenoxy) is 1. The van der Waals surface area contributed by atoms with Gasteiger partial charge >= 0.3 is 6.09 Å². The van der Waals surface area contributed by atoms with Crippen molar-refractivity contribution < 1.29 is 18.7 Å². The number of aldehydes is 1. The Kier molecular flexibility index (Phi) is 4.55. The molecule has 0 aromatic heterocycles. The highest BCUT2D eigenvalue weighted by Gasteiger charge is 2.23. The fourth-order valence-corrected chi connectivity index (χ4v) is 2.20. The van der Waals surface area contributed by atoms with E-state index >= 15 is 0 Å². The Bertz CT molecular complexity index is 499. The Morgan fingerprint density at radius 3 is 2.60 bits per heavy atom. The van der Waals surface area contributed by atoms with Crippen LogP contribution in [0.4, 0.5) is 14.9 Å². The Hall–Kier alpha value is -2.11. The van der Waals surface area contributed by atoms with Crippen molar-refractivity contribution in [3.05, 3.63) is 29.6 Å². The van der Waals surface area contributed by atoms with Crippen LogP contribution in [0.5, 0.6) is 0 Å². The second-order valence-corrected chi connectivity index (χ2v) is 4.50. The Morgan fingerprint density at radius 2 is 2.05 bits per heavy atom. The number of piperazine rings is 1. The second-order valence-electron chi connectivity index (χ2n) is 4.50. The van der Waals surface area contributed by atoms with E-state index in [0.29, 0.717) is 50.3 Å². The van der Waals surface area contributed by atoms with Crippen LogP contribution in [-0.2, 0) is 4.74 Å². The first kappa shape index (κ1) is 14.3. The smallest absolute Gasteiger partial charge is 0.409 e. The molecule has 2 rings (SSSR count). The summed E-state index contributed by atoms with van der Waals surface area (Å²) < 4.78 is 18.8. The average Bonchev–Trinajstić information content (AvgIpc) is 2.47. The van der Waals surface area contributed by atoms with Crippen LogP contribution in [0.1, 0.15) is 17.3 Å². The molecule has 108 valence electrons. The fourth-order valence-electron chi connectivity index (χ4n) is 2.20. The van der Waals surface area contributed by atoms with Crippen molar-refractivity contribution in [1.29, 1.82) is 0 Å². The lowest BCUT2D eigenvalue weighted by Crippen LogP contribution is -2.49. The molecular weight excluding hydrogens is 263 g/mol. The first-order valence-corrected chi connectivity index (χ1v) is 6.57. The molecule has 0 atom stereocenters. The molecule has 1 aliphatic heterocycles. The topological polar surface area (TPSA) is 49.9 Å². The van der Waals surface area contributed by atoms with Crippen LogP contribution in [0.15, 0.2) is 18.2 Å². The number of halogens is 1. The van der Waals surface area contributed by atoms with E-state index in [2.05, 4.69) is 0 Å². The zero-order valence-electron chi connectivity index (χ0n) is 11.3. The highest BCUT2D eigenvalue weighted by atomic mass is 19.1. The zero-order valence-corrected chi connectivity index (χ0v) is 11.3. The van der Waals surface area contributed by atoms with E-state index in [9.17, 15) is 14.0 Å². The van der Waals surface area contributed by atoms with Gasteiger partial charge in [-0.3, -0.25) is 4.79 Å². The maximum Gasteiger partial charge on any atom is 0.409 e. The van der Waals surface area contributed by atoms with Crippen LogP contribution in [0.25, 0.3) is 0 Å². The van der Waals surface area contributed by atoms with Crippen molar-refractivity contribution in [3.8, 4) is 0 Å². The predicted molar refractivity (Wildman–Crippen MR) is 72.6 cm³/mol. The van der Waals surface area contributed by atoms with Gasteiger partial charge in [-0.05, 0) is 25.1 Å². The molecule has 5 nitrogen and oxygen atoms in total. The van der Waals surface area contributed by atoms with E-state index in [1.807, 2.05) is 4.90 Å². The molecule has 1 aromatic rings. The number of benzene rings is 1. The molecule has 0 aliphatic carbocycles. The number of hydrogen-bond donors (Lipinski definition) is 0. The van der Waals surface area contributed by atoms with Crippen LogP contribution in [-0.4, -0.2) is 50.1 Å². The molecule has 0 radical (unpaired) electrons. The predicted octanol–water partition coefficient (Wildman–Crippen LogP) is 1.92. The molecule has 0 bridgehead atoms. The standard InChI is InChI=1S/C14H17FN2O3/c1-2-20-14(19)17-7-5-16(6-8-17)13-4-3-11(10-18)9-12(13)15/h3-4,9-10H,2,5-8H2,1H3. The molecule has 1 heterocycles. The van der Waals surface area contributed by atoms with Crippen molar-refractivity contribution in [2.24, 2.45) is 0 Å². The molecule has 1 aromatic carbocycles. The lowest BCUT2D eigenvalue weighted by Gasteiger charge is -2.35. The van der Waals surface area contributed by atoms with Gasteiger partial charge in [-0.15, -0.1) is 0 Å². The summed E-state index contributed by atoms with van der Waals surface area (Å²) in [5.74, 6) is -0.417. The molecule has 1 amide bonds. The fraction of sp³-hybridized carbons (Fsp3) is 0.429. The molecule has 1 aliphatic rings. The van der Waals surface area contributed by atoms with Gasteiger partial charge in [-0.2, -0.15) is 0 Å². The largest absolute Gasteiger partial charge is 0.450 e. The molecule has 0 saturated carbocycles. The van der Waals surface area contributed by atoms with Crippen molar-refractivity contribution >= 4 is 18.1 Å².